The summed E-state index contributed by atoms with van der Waals surface area (Å²) in [5.41, 5.74) is 2.80. The first kappa shape index (κ1) is 15.6. The van der Waals surface area contributed by atoms with E-state index in [0.717, 1.165) is 5.56 Å². The predicted octanol–water partition coefficient (Wildman–Crippen LogP) is 3.23. The minimum atomic E-state index is -0.283. The zero-order valence-corrected chi connectivity index (χ0v) is 13.9. The lowest BCUT2D eigenvalue weighted by Gasteiger charge is -2.34. The number of pyridine rings is 1. The molecule has 25 heavy (non-hydrogen) atoms. The second kappa shape index (κ2) is 5.88. The van der Waals surface area contributed by atoms with E-state index in [1.54, 1.807) is 36.7 Å². The third kappa shape index (κ3) is 2.45. The van der Waals surface area contributed by atoms with Crippen LogP contribution in [0.5, 0.6) is 0 Å². The smallest absolute Gasteiger partial charge is 0.190 e. The molecule has 0 saturated heterocycles. The van der Waals surface area contributed by atoms with E-state index in [9.17, 15) is 14.4 Å². The molecular formula is C21H17NO3. The van der Waals surface area contributed by atoms with Crippen LogP contribution >= 0.6 is 0 Å². The van der Waals surface area contributed by atoms with E-state index in [2.05, 4.69) is 4.98 Å². The Hall–Kier alpha value is -2.88. The third-order valence-electron chi connectivity index (χ3n) is 5.30. The lowest BCUT2D eigenvalue weighted by molar-refractivity contribution is -0.123. The largest absolute Gasteiger partial charge is 0.299 e. The van der Waals surface area contributed by atoms with Gasteiger partial charge in [0.05, 0.1) is 0 Å². The number of rotatable bonds is 2. The summed E-state index contributed by atoms with van der Waals surface area (Å²) in [6, 6.07) is 10.6. The minimum absolute atomic E-state index is 0.0262. The Labute approximate surface area is 145 Å². The van der Waals surface area contributed by atoms with Crippen molar-refractivity contribution in [1.29, 1.82) is 0 Å². The van der Waals surface area contributed by atoms with Gasteiger partial charge in [-0.15, -0.1) is 0 Å². The first-order valence-electron chi connectivity index (χ1n) is 8.41. The number of carbonyl (C=O) groups is 3. The number of ketones is 3. The molecule has 0 spiro atoms. The van der Waals surface area contributed by atoms with Crippen molar-refractivity contribution in [1.82, 2.24) is 4.98 Å². The van der Waals surface area contributed by atoms with Crippen LogP contribution in [0.1, 0.15) is 39.6 Å². The van der Waals surface area contributed by atoms with Crippen LogP contribution in [-0.4, -0.2) is 22.3 Å². The number of fused-ring (bicyclic) bond motifs is 1. The lowest BCUT2D eigenvalue weighted by Crippen LogP contribution is -2.38. The number of Topliss-reactive ketones (excluding diaryl/α,β-unsaturated/α-hetero) is 3. The quantitative estimate of drug-likeness (QED) is 0.847. The summed E-state index contributed by atoms with van der Waals surface area (Å²) < 4.78 is 0. The molecule has 1 aromatic heterocycles. The molecule has 0 N–H and O–H groups in total. The van der Waals surface area contributed by atoms with Crippen molar-refractivity contribution in [2.75, 3.05) is 0 Å². The summed E-state index contributed by atoms with van der Waals surface area (Å²) >= 11 is 0. The molecule has 0 radical (unpaired) electrons. The number of hydrogen-bond donors (Lipinski definition) is 0. The molecule has 0 bridgehead atoms. The molecule has 4 heteroatoms. The number of allylic oxidation sites excluding steroid dienone is 2. The fourth-order valence-electron chi connectivity index (χ4n) is 3.88. The van der Waals surface area contributed by atoms with Gasteiger partial charge in [0.25, 0.3) is 0 Å². The second-order valence-corrected chi connectivity index (χ2v) is 6.69. The third-order valence-corrected chi connectivity index (χ3v) is 5.30. The van der Waals surface area contributed by atoms with Crippen molar-refractivity contribution >= 4 is 17.3 Å². The number of benzene rings is 1. The molecule has 1 heterocycles. The summed E-state index contributed by atoms with van der Waals surface area (Å²) in [4.78, 5) is 42.5. The number of nitrogens with zero attached hydrogens (tertiary/aromatic N) is 1. The van der Waals surface area contributed by atoms with Gasteiger partial charge in [-0.3, -0.25) is 19.4 Å². The van der Waals surface area contributed by atoms with Gasteiger partial charge in [0.2, 0.25) is 0 Å². The molecule has 2 aliphatic carbocycles. The van der Waals surface area contributed by atoms with E-state index < -0.39 is 0 Å². The Morgan fingerprint density at radius 1 is 0.960 bits per heavy atom. The molecule has 0 saturated carbocycles. The average molecular weight is 331 g/mol. The predicted molar refractivity (Wildman–Crippen MR) is 92.3 cm³/mol. The van der Waals surface area contributed by atoms with Crippen LogP contribution in [-0.2, 0) is 11.2 Å². The van der Waals surface area contributed by atoms with Gasteiger partial charge in [0.1, 0.15) is 5.78 Å². The van der Waals surface area contributed by atoms with Crippen molar-refractivity contribution in [3.63, 3.8) is 0 Å². The SMILES string of the molecule is CC1C(=O)CC2=C(C(=O)c3ccccc3C2=O)C1Cc1ccncc1. The normalized spacial score (nSPS) is 22.7. The Morgan fingerprint density at radius 2 is 1.60 bits per heavy atom. The minimum Gasteiger partial charge on any atom is -0.299 e. The zero-order valence-electron chi connectivity index (χ0n) is 13.9. The summed E-state index contributed by atoms with van der Waals surface area (Å²) in [7, 11) is 0. The Balaban J connectivity index is 1.84. The fraction of sp³-hybridized carbons (Fsp3) is 0.238. The summed E-state index contributed by atoms with van der Waals surface area (Å²) in [5, 5.41) is 0. The fourth-order valence-corrected chi connectivity index (χ4v) is 3.88. The van der Waals surface area contributed by atoms with E-state index in [0.29, 0.717) is 28.7 Å². The molecule has 2 aromatic rings. The Bertz CT molecular complexity index is 927. The summed E-state index contributed by atoms with van der Waals surface area (Å²) in [6.07, 6.45) is 4.00. The van der Waals surface area contributed by atoms with E-state index in [1.165, 1.54) is 0 Å². The van der Waals surface area contributed by atoms with Gasteiger partial charge in [-0.1, -0.05) is 31.2 Å². The number of carbonyl (C=O) groups excluding carboxylic acids is 3. The second-order valence-electron chi connectivity index (χ2n) is 6.69. The average Bonchev–Trinajstić information content (AvgIpc) is 2.64. The highest BCUT2D eigenvalue weighted by Gasteiger charge is 2.43. The van der Waals surface area contributed by atoms with Gasteiger partial charge in [-0.05, 0) is 24.1 Å². The maximum Gasteiger partial charge on any atom is 0.190 e. The van der Waals surface area contributed by atoms with E-state index in [-0.39, 0.29) is 35.6 Å². The van der Waals surface area contributed by atoms with Gasteiger partial charge in [-0.25, -0.2) is 0 Å². The van der Waals surface area contributed by atoms with Crippen LogP contribution in [0, 0.1) is 11.8 Å². The molecule has 124 valence electrons. The molecule has 0 aliphatic heterocycles. The van der Waals surface area contributed by atoms with E-state index in [4.69, 9.17) is 0 Å². The first-order valence-corrected chi connectivity index (χ1v) is 8.41. The summed E-state index contributed by atoms with van der Waals surface area (Å²) in [6.45, 7) is 1.86. The van der Waals surface area contributed by atoms with Crippen LogP contribution in [0.4, 0.5) is 0 Å². The van der Waals surface area contributed by atoms with Crippen LogP contribution in [0.3, 0.4) is 0 Å². The van der Waals surface area contributed by atoms with E-state index in [1.807, 2.05) is 19.1 Å². The first-order chi connectivity index (χ1) is 12.1. The Morgan fingerprint density at radius 3 is 2.28 bits per heavy atom. The topological polar surface area (TPSA) is 64.1 Å². The molecule has 0 fully saturated rings. The Kier molecular flexibility index (Phi) is 3.68. The van der Waals surface area contributed by atoms with Crippen LogP contribution in [0.15, 0.2) is 59.9 Å². The van der Waals surface area contributed by atoms with Gasteiger partial charge in [-0.2, -0.15) is 0 Å². The molecule has 4 nitrogen and oxygen atoms in total. The van der Waals surface area contributed by atoms with Crippen molar-refractivity contribution in [3.8, 4) is 0 Å². The molecule has 0 amide bonds. The van der Waals surface area contributed by atoms with Gasteiger partial charge < -0.3 is 0 Å². The van der Waals surface area contributed by atoms with Crippen molar-refractivity contribution in [2.45, 2.75) is 19.8 Å². The van der Waals surface area contributed by atoms with Crippen LogP contribution in [0.2, 0.25) is 0 Å². The maximum atomic E-state index is 13.1. The molecule has 2 atom stereocenters. The van der Waals surface area contributed by atoms with Crippen LogP contribution in [0.25, 0.3) is 0 Å². The molecule has 4 rings (SSSR count). The van der Waals surface area contributed by atoms with Crippen molar-refractivity contribution in [3.05, 3.63) is 76.6 Å². The maximum absolute atomic E-state index is 13.1. The molecule has 1 aromatic carbocycles. The van der Waals surface area contributed by atoms with E-state index >= 15 is 0 Å². The van der Waals surface area contributed by atoms with Crippen molar-refractivity contribution < 1.29 is 14.4 Å². The standard InChI is InChI=1S/C21H17NO3/c1-12-16(10-13-6-8-22-9-7-13)19-17(11-18(12)23)20(24)14-4-2-3-5-15(14)21(19)25/h2-9,12,16H,10-11H2,1H3. The van der Waals surface area contributed by atoms with Gasteiger partial charge in [0.15, 0.2) is 11.6 Å². The van der Waals surface area contributed by atoms with Gasteiger partial charge >= 0.3 is 0 Å². The van der Waals surface area contributed by atoms with Crippen molar-refractivity contribution in [2.24, 2.45) is 11.8 Å². The highest BCUT2D eigenvalue weighted by atomic mass is 16.1. The number of aromatic nitrogens is 1. The number of hydrogen-bond acceptors (Lipinski definition) is 4. The molecule has 2 aliphatic rings. The summed E-state index contributed by atoms with van der Waals surface area (Å²) in [5.74, 6) is -0.815. The molecule has 2 unspecified atom stereocenters. The van der Waals surface area contributed by atoms with Crippen LogP contribution < -0.4 is 0 Å². The monoisotopic (exact) mass is 331 g/mol. The lowest BCUT2D eigenvalue weighted by atomic mass is 9.66. The highest BCUT2D eigenvalue weighted by molar-refractivity contribution is 6.28. The zero-order chi connectivity index (χ0) is 17.6. The molecular weight excluding hydrogens is 314 g/mol. The highest BCUT2D eigenvalue weighted by Crippen LogP contribution is 2.41. The van der Waals surface area contributed by atoms with Gasteiger partial charge in [0, 0.05) is 52.9 Å².